The maximum Gasteiger partial charge on any atom is 0.303 e. The quantitative estimate of drug-likeness (QED) is 0.423. The molecule has 182 valence electrons. The molecule has 1 saturated heterocycles. The number of esters is 3. The van der Waals surface area contributed by atoms with E-state index >= 15 is 0 Å². The molecule has 9 nitrogen and oxygen atoms in total. The monoisotopic (exact) mass is 472 g/mol. The number of ether oxygens (including phenoxy) is 6. The van der Waals surface area contributed by atoms with Gasteiger partial charge >= 0.3 is 17.9 Å². The fourth-order valence-corrected chi connectivity index (χ4v) is 3.61. The molecule has 3 rings (SSSR count). The van der Waals surface area contributed by atoms with Crippen LogP contribution in [0.15, 0.2) is 48.5 Å². The Balaban J connectivity index is 1.73. The largest absolute Gasteiger partial charge is 0.497 e. The Morgan fingerprint density at radius 3 is 1.76 bits per heavy atom. The maximum absolute atomic E-state index is 11.7. The number of hydrogen-bond donors (Lipinski definition) is 0. The number of carbonyl (C=O) groups is 3. The summed E-state index contributed by atoms with van der Waals surface area (Å²) in [6.07, 6.45) is -3.53. The average molecular weight is 472 g/mol. The van der Waals surface area contributed by atoms with Gasteiger partial charge in [-0.3, -0.25) is 14.4 Å². The molecule has 9 heteroatoms. The summed E-state index contributed by atoms with van der Waals surface area (Å²) >= 11 is 0. The Labute approximate surface area is 197 Å². The van der Waals surface area contributed by atoms with Crippen LogP contribution in [-0.2, 0) is 39.8 Å². The zero-order valence-corrected chi connectivity index (χ0v) is 19.5. The predicted octanol–water partition coefficient (Wildman–Crippen LogP) is 2.82. The van der Waals surface area contributed by atoms with Crippen LogP contribution in [-0.4, -0.2) is 56.2 Å². The van der Waals surface area contributed by atoms with Gasteiger partial charge in [0.05, 0.1) is 13.7 Å². The molecule has 0 aliphatic carbocycles. The van der Waals surface area contributed by atoms with E-state index in [2.05, 4.69) is 0 Å². The number of carbonyl (C=O) groups excluding carboxylic acids is 3. The first-order valence-electron chi connectivity index (χ1n) is 10.8. The van der Waals surface area contributed by atoms with Crippen LogP contribution in [0.2, 0.25) is 0 Å². The van der Waals surface area contributed by atoms with E-state index in [4.69, 9.17) is 28.4 Å². The van der Waals surface area contributed by atoms with Crippen molar-refractivity contribution in [2.45, 2.75) is 51.8 Å². The van der Waals surface area contributed by atoms with Gasteiger partial charge in [0.2, 0.25) is 12.4 Å². The van der Waals surface area contributed by atoms with E-state index in [0.717, 1.165) is 23.3 Å². The molecule has 1 aliphatic heterocycles. The summed E-state index contributed by atoms with van der Waals surface area (Å²) < 4.78 is 32.7. The SMILES string of the molecule is COc1ccc(Cc2ccc(O[C@@H]3OC[C@@H](OC(C)=O)[C@H](OC(C)=O)[C@H]3OC(C)=O)cc2)cc1. The summed E-state index contributed by atoms with van der Waals surface area (Å²) in [5.74, 6) is -0.571. The lowest BCUT2D eigenvalue weighted by atomic mass is 10.0. The van der Waals surface area contributed by atoms with Crippen molar-refractivity contribution in [2.75, 3.05) is 13.7 Å². The van der Waals surface area contributed by atoms with E-state index in [9.17, 15) is 14.4 Å². The molecule has 0 saturated carbocycles. The van der Waals surface area contributed by atoms with Crippen molar-refractivity contribution in [1.82, 2.24) is 0 Å². The first-order valence-corrected chi connectivity index (χ1v) is 10.8. The lowest BCUT2D eigenvalue weighted by molar-refractivity contribution is -0.259. The highest BCUT2D eigenvalue weighted by Crippen LogP contribution is 2.27. The van der Waals surface area contributed by atoms with Gasteiger partial charge in [-0.15, -0.1) is 0 Å². The minimum absolute atomic E-state index is 0.102. The summed E-state index contributed by atoms with van der Waals surface area (Å²) in [5.41, 5.74) is 2.19. The first kappa shape index (κ1) is 25.0. The molecular weight excluding hydrogens is 444 g/mol. The van der Waals surface area contributed by atoms with E-state index in [1.54, 1.807) is 19.2 Å². The van der Waals surface area contributed by atoms with Gasteiger partial charge in [-0.25, -0.2) is 0 Å². The molecule has 0 N–H and O–H groups in total. The number of benzene rings is 2. The second-order valence-corrected chi connectivity index (χ2v) is 7.78. The van der Waals surface area contributed by atoms with Gasteiger partial charge in [-0.1, -0.05) is 24.3 Å². The van der Waals surface area contributed by atoms with Crippen LogP contribution in [0.5, 0.6) is 11.5 Å². The maximum atomic E-state index is 11.7. The van der Waals surface area contributed by atoms with Crippen molar-refractivity contribution < 1.29 is 42.8 Å². The van der Waals surface area contributed by atoms with Crippen LogP contribution < -0.4 is 9.47 Å². The Bertz CT molecular complexity index is 984. The highest BCUT2D eigenvalue weighted by molar-refractivity contribution is 5.68. The first-order chi connectivity index (χ1) is 16.2. The fourth-order valence-electron chi connectivity index (χ4n) is 3.61. The van der Waals surface area contributed by atoms with Gasteiger partial charge in [-0.05, 0) is 41.8 Å². The number of methoxy groups -OCH3 is 1. The van der Waals surface area contributed by atoms with Crippen molar-refractivity contribution in [3.8, 4) is 11.5 Å². The lowest BCUT2D eigenvalue weighted by Gasteiger charge is -2.40. The van der Waals surface area contributed by atoms with E-state index in [0.29, 0.717) is 5.75 Å². The van der Waals surface area contributed by atoms with Gasteiger partial charge in [0.15, 0.2) is 12.2 Å². The van der Waals surface area contributed by atoms with Crippen LogP contribution in [0.3, 0.4) is 0 Å². The third-order valence-corrected chi connectivity index (χ3v) is 5.05. The Hall–Kier alpha value is -3.59. The van der Waals surface area contributed by atoms with E-state index in [-0.39, 0.29) is 6.61 Å². The summed E-state index contributed by atoms with van der Waals surface area (Å²) in [5, 5.41) is 0. The number of hydrogen-bond acceptors (Lipinski definition) is 9. The fraction of sp³-hybridized carbons (Fsp3) is 0.400. The second kappa shape index (κ2) is 11.5. The lowest BCUT2D eigenvalue weighted by Crippen LogP contribution is -2.59. The molecule has 0 bridgehead atoms. The van der Waals surface area contributed by atoms with Gasteiger partial charge < -0.3 is 28.4 Å². The standard InChI is InChI=1S/C25H28O9/c1-15(26)31-22-14-30-25(24(33-17(3)28)23(22)32-16(2)27)34-21-11-7-19(8-12-21)13-18-5-9-20(29-4)10-6-18/h5-12,22-25H,13-14H2,1-4H3/t22-,23+,24-,25+/m1/s1. The third kappa shape index (κ3) is 6.95. The minimum atomic E-state index is -1.14. The molecule has 34 heavy (non-hydrogen) atoms. The molecule has 1 aliphatic rings. The normalized spacial score (nSPS) is 21.8. The third-order valence-electron chi connectivity index (χ3n) is 5.05. The molecule has 2 aromatic rings. The van der Waals surface area contributed by atoms with Crippen molar-refractivity contribution in [3.63, 3.8) is 0 Å². The van der Waals surface area contributed by atoms with Crippen LogP contribution in [0.4, 0.5) is 0 Å². The van der Waals surface area contributed by atoms with Crippen LogP contribution in [0.25, 0.3) is 0 Å². The van der Waals surface area contributed by atoms with Crippen LogP contribution in [0, 0.1) is 0 Å². The highest BCUT2D eigenvalue weighted by atomic mass is 16.7. The van der Waals surface area contributed by atoms with Crippen molar-refractivity contribution in [3.05, 3.63) is 59.7 Å². The molecule has 0 spiro atoms. The van der Waals surface area contributed by atoms with Crippen molar-refractivity contribution >= 4 is 17.9 Å². The molecule has 0 radical (unpaired) electrons. The van der Waals surface area contributed by atoms with Crippen molar-refractivity contribution in [2.24, 2.45) is 0 Å². The smallest absolute Gasteiger partial charge is 0.303 e. The second-order valence-electron chi connectivity index (χ2n) is 7.78. The summed E-state index contributed by atoms with van der Waals surface area (Å²) in [7, 11) is 1.63. The minimum Gasteiger partial charge on any atom is -0.497 e. The van der Waals surface area contributed by atoms with Gasteiger partial charge in [0.1, 0.15) is 11.5 Å². The Kier molecular flexibility index (Phi) is 8.48. The van der Waals surface area contributed by atoms with E-state index in [1.165, 1.54) is 20.8 Å². The average Bonchev–Trinajstić information content (AvgIpc) is 2.78. The molecule has 4 atom stereocenters. The summed E-state index contributed by atoms with van der Waals surface area (Å²) in [6.45, 7) is 3.55. The van der Waals surface area contributed by atoms with Gasteiger partial charge in [-0.2, -0.15) is 0 Å². The molecule has 0 aromatic heterocycles. The van der Waals surface area contributed by atoms with E-state index in [1.807, 2.05) is 36.4 Å². The highest BCUT2D eigenvalue weighted by Gasteiger charge is 2.48. The van der Waals surface area contributed by atoms with Gasteiger partial charge in [0, 0.05) is 20.8 Å². The number of rotatable bonds is 8. The Morgan fingerprint density at radius 1 is 0.765 bits per heavy atom. The molecule has 0 amide bonds. The molecule has 2 aromatic carbocycles. The zero-order chi connectivity index (χ0) is 24.7. The van der Waals surface area contributed by atoms with E-state index < -0.39 is 42.5 Å². The Morgan fingerprint density at radius 2 is 1.26 bits per heavy atom. The van der Waals surface area contributed by atoms with Gasteiger partial charge in [0.25, 0.3) is 0 Å². The van der Waals surface area contributed by atoms with Crippen LogP contribution >= 0.6 is 0 Å². The molecule has 1 heterocycles. The molecule has 1 fully saturated rings. The topological polar surface area (TPSA) is 107 Å². The summed E-state index contributed by atoms with van der Waals surface area (Å²) in [6, 6.07) is 15.2. The molecule has 0 unspecified atom stereocenters. The predicted molar refractivity (Wildman–Crippen MR) is 119 cm³/mol. The molecular formula is C25H28O9. The summed E-state index contributed by atoms with van der Waals surface area (Å²) in [4.78, 5) is 34.9. The van der Waals surface area contributed by atoms with Crippen LogP contribution in [0.1, 0.15) is 31.9 Å². The zero-order valence-electron chi connectivity index (χ0n) is 19.5. The van der Waals surface area contributed by atoms with Crippen molar-refractivity contribution in [1.29, 1.82) is 0 Å².